The monoisotopic (exact) mass is 266 g/mol. The first-order valence-electron chi connectivity index (χ1n) is 6.65. The first-order valence-corrected chi connectivity index (χ1v) is 6.65. The highest BCUT2D eigenvalue weighted by Crippen LogP contribution is 2.59. The molecule has 104 valence electrons. The van der Waals surface area contributed by atoms with Crippen molar-refractivity contribution in [1.29, 1.82) is 0 Å². The Bertz CT molecular complexity index is 455. The molecule has 1 aliphatic heterocycles. The molecule has 1 N–H and O–H groups in total. The molecule has 3 rings (SSSR count). The molecule has 1 heterocycles. The Morgan fingerprint density at radius 3 is 2.79 bits per heavy atom. The lowest BCUT2D eigenvalue weighted by molar-refractivity contribution is -0.143. The Labute approximate surface area is 111 Å². The highest BCUT2D eigenvalue weighted by atomic mass is 16.5. The third-order valence-electron chi connectivity index (χ3n) is 5.05. The van der Waals surface area contributed by atoms with Crippen LogP contribution in [0.4, 0.5) is 0 Å². The SMILES string of the molecule is COC1C(C=C(C)C(=O)O)C2CC1C1COC(=O)C21. The highest BCUT2D eigenvalue weighted by molar-refractivity contribution is 5.86. The van der Waals surface area contributed by atoms with E-state index < -0.39 is 5.97 Å². The van der Waals surface area contributed by atoms with Gasteiger partial charge in [0.1, 0.15) is 0 Å². The quantitative estimate of drug-likeness (QED) is 0.611. The lowest BCUT2D eigenvalue weighted by atomic mass is 9.73. The van der Waals surface area contributed by atoms with Gasteiger partial charge in [0.15, 0.2) is 0 Å². The van der Waals surface area contributed by atoms with E-state index in [1.54, 1.807) is 20.1 Å². The Hall–Kier alpha value is -1.36. The van der Waals surface area contributed by atoms with Crippen molar-refractivity contribution in [3.63, 3.8) is 0 Å². The molecule has 0 spiro atoms. The summed E-state index contributed by atoms with van der Waals surface area (Å²) in [7, 11) is 1.66. The van der Waals surface area contributed by atoms with Crippen molar-refractivity contribution in [2.45, 2.75) is 19.4 Å². The van der Waals surface area contributed by atoms with E-state index in [0.29, 0.717) is 18.1 Å². The maximum absolute atomic E-state index is 11.8. The summed E-state index contributed by atoms with van der Waals surface area (Å²) < 4.78 is 10.7. The van der Waals surface area contributed by atoms with E-state index in [-0.39, 0.29) is 35.7 Å². The van der Waals surface area contributed by atoms with Crippen LogP contribution in [0.15, 0.2) is 11.6 Å². The van der Waals surface area contributed by atoms with E-state index >= 15 is 0 Å². The van der Waals surface area contributed by atoms with Gasteiger partial charge >= 0.3 is 11.9 Å². The normalized spacial score (nSPS) is 44.3. The molecule has 0 aromatic heterocycles. The van der Waals surface area contributed by atoms with Crippen molar-refractivity contribution < 1.29 is 24.2 Å². The Morgan fingerprint density at radius 2 is 2.16 bits per heavy atom. The number of carboxylic acid groups (broad SMARTS) is 1. The van der Waals surface area contributed by atoms with Crippen molar-refractivity contribution in [2.24, 2.45) is 29.6 Å². The zero-order valence-electron chi connectivity index (χ0n) is 11.0. The molecule has 0 aromatic rings. The van der Waals surface area contributed by atoms with Gasteiger partial charge in [0.25, 0.3) is 0 Å². The van der Waals surface area contributed by atoms with Crippen LogP contribution in [0, 0.1) is 29.6 Å². The minimum atomic E-state index is -0.914. The van der Waals surface area contributed by atoms with Crippen LogP contribution in [0.1, 0.15) is 13.3 Å². The van der Waals surface area contributed by atoms with Crippen molar-refractivity contribution in [3.8, 4) is 0 Å². The van der Waals surface area contributed by atoms with Crippen LogP contribution in [0.25, 0.3) is 0 Å². The summed E-state index contributed by atoms with van der Waals surface area (Å²) in [6, 6.07) is 0. The Morgan fingerprint density at radius 1 is 1.42 bits per heavy atom. The number of carboxylic acids is 1. The summed E-state index contributed by atoms with van der Waals surface area (Å²) in [5.41, 5.74) is 0.322. The lowest BCUT2D eigenvalue weighted by Crippen LogP contribution is -2.39. The minimum Gasteiger partial charge on any atom is -0.478 e. The number of esters is 1. The molecule has 2 bridgehead atoms. The predicted molar refractivity (Wildman–Crippen MR) is 65.2 cm³/mol. The molecule has 3 aliphatic rings. The van der Waals surface area contributed by atoms with Gasteiger partial charge in [-0.25, -0.2) is 4.79 Å². The van der Waals surface area contributed by atoms with E-state index in [4.69, 9.17) is 14.6 Å². The number of fused-ring (bicyclic) bond motifs is 5. The van der Waals surface area contributed by atoms with Crippen LogP contribution >= 0.6 is 0 Å². The fourth-order valence-corrected chi connectivity index (χ4v) is 4.28. The van der Waals surface area contributed by atoms with Gasteiger partial charge in [-0.1, -0.05) is 6.08 Å². The van der Waals surface area contributed by atoms with Crippen LogP contribution in [0.5, 0.6) is 0 Å². The van der Waals surface area contributed by atoms with Gasteiger partial charge in [-0.3, -0.25) is 4.79 Å². The summed E-state index contributed by atoms with van der Waals surface area (Å²) in [5.74, 6) is -0.324. The van der Waals surface area contributed by atoms with Crippen molar-refractivity contribution in [3.05, 3.63) is 11.6 Å². The Kier molecular flexibility index (Phi) is 2.89. The van der Waals surface area contributed by atoms with Crippen LogP contribution in [0.3, 0.4) is 0 Å². The molecule has 5 heteroatoms. The molecule has 0 aromatic carbocycles. The van der Waals surface area contributed by atoms with E-state index in [2.05, 4.69) is 0 Å². The predicted octanol–water partition coefficient (Wildman–Crippen LogP) is 1.09. The second-order valence-corrected chi connectivity index (χ2v) is 5.82. The van der Waals surface area contributed by atoms with Crippen LogP contribution in [0.2, 0.25) is 0 Å². The van der Waals surface area contributed by atoms with Crippen LogP contribution < -0.4 is 0 Å². The summed E-state index contributed by atoms with van der Waals surface area (Å²) in [6.45, 7) is 2.09. The fourth-order valence-electron chi connectivity index (χ4n) is 4.28. The van der Waals surface area contributed by atoms with Crippen LogP contribution in [-0.2, 0) is 19.1 Å². The molecule has 1 saturated heterocycles. The zero-order chi connectivity index (χ0) is 13.7. The molecule has 2 aliphatic carbocycles. The van der Waals surface area contributed by atoms with Gasteiger partial charge < -0.3 is 14.6 Å². The van der Waals surface area contributed by atoms with Gasteiger partial charge in [-0.05, 0) is 25.2 Å². The molecular weight excluding hydrogens is 248 g/mol. The minimum absolute atomic E-state index is 0.00931. The zero-order valence-corrected chi connectivity index (χ0v) is 11.0. The molecule has 0 radical (unpaired) electrons. The van der Waals surface area contributed by atoms with E-state index in [0.717, 1.165) is 6.42 Å². The van der Waals surface area contributed by atoms with Gasteiger partial charge in [0.2, 0.25) is 0 Å². The van der Waals surface area contributed by atoms with Crippen molar-refractivity contribution >= 4 is 11.9 Å². The number of aliphatic carboxylic acids is 1. The average molecular weight is 266 g/mol. The number of carbonyl (C=O) groups excluding carboxylic acids is 1. The summed E-state index contributed by atoms with van der Waals surface area (Å²) in [4.78, 5) is 22.8. The number of carbonyl (C=O) groups is 2. The summed E-state index contributed by atoms with van der Waals surface area (Å²) in [6.07, 6.45) is 2.72. The smallest absolute Gasteiger partial charge is 0.330 e. The second kappa shape index (κ2) is 4.34. The number of cyclic esters (lactones) is 1. The van der Waals surface area contributed by atoms with Crippen molar-refractivity contribution in [2.75, 3.05) is 13.7 Å². The average Bonchev–Trinajstić information content (AvgIpc) is 3.00. The van der Waals surface area contributed by atoms with Crippen LogP contribution in [-0.4, -0.2) is 36.9 Å². The molecular formula is C14H18O5. The molecule has 3 fully saturated rings. The van der Waals surface area contributed by atoms with E-state index in [1.165, 1.54) is 0 Å². The molecule has 6 atom stereocenters. The van der Waals surface area contributed by atoms with E-state index in [1.807, 2.05) is 0 Å². The number of hydrogen-bond donors (Lipinski definition) is 1. The Balaban J connectivity index is 1.91. The molecule has 0 amide bonds. The molecule has 5 nitrogen and oxygen atoms in total. The van der Waals surface area contributed by atoms with Gasteiger partial charge in [0, 0.05) is 24.5 Å². The van der Waals surface area contributed by atoms with Gasteiger partial charge in [-0.2, -0.15) is 0 Å². The first-order chi connectivity index (χ1) is 9.04. The summed E-state index contributed by atoms with van der Waals surface area (Å²) in [5, 5.41) is 9.01. The fraction of sp³-hybridized carbons (Fsp3) is 0.714. The highest BCUT2D eigenvalue weighted by Gasteiger charge is 2.62. The topological polar surface area (TPSA) is 72.8 Å². The molecule has 6 unspecified atom stereocenters. The van der Waals surface area contributed by atoms with Gasteiger partial charge in [-0.15, -0.1) is 0 Å². The third kappa shape index (κ3) is 1.71. The van der Waals surface area contributed by atoms with Crippen molar-refractivity contribution in [1.82, 2.24) is 0 Å². The number of methoxy groups -OCH3 is 1. The molecule has 19 heavy (non-hydrogen) atoms. The second-order valence-electron chi connectivity index (χ2n) is 5.82. The number of rotatable bonds is 3. The van der Waals surface area contributed by atoms with Gasteiger partial charge in [0.05, 0.1) is 18.6 Å². The standard InChI is InChI=1S/C14H18O5/c1-6(13(15)16)3-8-7-4-9(12(8)18-2)10-5-19-14(17)11(7)10/h3,7-12H,4-5H2,1-2H3,(H,15,16). The van der Waals surface area contributed by atoms with E-state index in [9.17, 15) is 9.59 Å². The largest absolute Gasteiger partial charge is 0.478 e. The maximum Gasteiger partial charge on any atom is 0.330 e. The number of hydrogen-bond acceptors (Lipinski definition) is 4. The summed E-state index contributed by atoms with van der Waals surface area (Å²) >= 11 is 0. The molecule has 2 saturated carbocycles. The third-order valence-corrected chi connectivity index (χ3v) is 5.05. The first kappa shape index (κ1) is 12.7. The number of ether oxygens (including phenoxy) is 2. The maximum atomic E-state index is 11.8. The lowest BCUT2D eigenvalue weighted by Gasteiger charge is -2.33.